The Balaban J connectivity index is 1.34. The van der Waals surface area contributed by atoms with E-state index < -0.39 is 18.6 Å². The van der Waals surface area contributed by atoms with Crippen molar-refractivity contribution in [1.82, 2.24) is 9.80 Å². The summed E-state index contributed by atoms with van der Waals surface area (Å²) in [6.07, 6.45) is -2.00. The van der Waals surface area contributed by atoms with Crippen molar-refractivity contribution in [2.45, 2.75) is 43.9 Å². The van der Waals surface area contributed by atoms with Gasteiger partial charge >= 0.3 is 12.2 Å². The van der Waals surface area contributed by atoms with Gasteiger partial charge in [-0.3, -0.25) is 4.79 Å². The number of hydrogen-bond donors (Lipinski definition) is 0. The number of rotatable bonds is 5. The van der Waals surface area contributed by atoms with Crippen LogP contribution in [-0.4, -0.2) is 79.9 Å². The highest BCUT2D eigenvalue weighted by molar-refractivity contribution is 5.81. The van der Waals surface area contributed by atoms with Crippen LogP contribution in [0, 0.1) is 17.7 Å². The molecule has 3 heterocycles. The van der Waals surface area contributed by atoms with Crippen molar-refractivity contribution in [3.63, 3.8) is 0 Å². The Hall–Kier alpha value is -2.20. The number of halogens is 4. The number of carbonyl (C=O) groups is 2. The number of hydrogen-bond acceptors (Lipinski definition) is 4. The van der Waals surface area contributed by atoms with E-state index in [-0.39, 0.29) is 48.9 Å². The number of benzene rings is 1. The summed E-state index contributed by atoms with van der Waals surface area (Å²) in [6, 6.07) is 5.71. The first kappa shape index (κ1) is 24.9. The first-order chi connectivity index (χ1) is 16.2. The van der Waals surface area contributed by atoms with E-state index in [0.29, 0.717) is 51.9 Å². The van der Waals surface area contributed by atoms with Crippen LogP contribution < -0.4 is 0 Å². The number of piperidine rings is 2. The average molecular weight is 487 g/mol. The lowest BCUT2D eigenvalue weighted by Crippen LogP contribution is -2.54. The number of nitrogens with zero attached hydrogens (tertiary/aromatic N) is 2. The van der Waals surface area contributed by atoms with Gasteiger partial charge in [0, 0.05) is 44.4 Å². The second-order valence-electron chi connectivity index (χ2n) is 9.48. The highest BCUT2D eigenvalue weighted by atomic mass is 19.4. The Morgan fingerprint density at radius 2 is 1.76 bits per heavy atom. The fourth-order valence-corrected chi connectivity index (χ4v) is 5.36. The Kier molecular flexibility index (Phi) is 7.77. The molecule has 2 amide bonds. The van der Waals surface area contributed by atoms with Gasteiger partial charge in [0.2, 0.25) is 0 Å². The molecule has 3 aliphatic rings. The Bertz CT molecular complexity index is 856. The third kappa shape index (κ3) is 6.27. The van der Waals surface area contributed by atoms with Crippen molar-refractivity contribution >= 4 is 11.8 Å². The summed E-state index contributed by atoms with van der Waals surface area (Å²) in [5, 5.41) is 0. The van der Waals surface area contributed by atoms with E-state index in [2.05, 4.69) is 0 Å². The zero-order chi connectivity index (χ0) is 24.3. The first-order valence-corrected chi connectivity index (χ1v) is 11.8. The molecule has 0 aliphatic carbocycles. The van der Waals surface area contributed by atoms with Gasteiger partial charge in [-0.15, -0.1) is 0 Å². The highest BCUT2D eigenvalue weighted by Crippen LogP contribution is 2.35. The maximum absolute atomic E-state index is 13.4. The van der Waals surface area contributed by atoms with Crippen LogP contribution >= 0.6 is 0 Å². The molecule has 0 N–H and O–H groups in total. The molecule has 0 bridgehead atoms. The normalized spacial score (nSPS) is 25.2. The van der Waals surface area contributed by atoms with Gasteiger partial charge in [0.25, 0.3) is 0 Å². The van der Waals surface area contributed by atoms with Crippen LogP contribution in [0.15, 0.2) is 24.3 Å². The van der Waals surface area contributed by atoms with Gasteiger partial charge in [-0.1, -0.05) is 12.1 Å². The molecule has 1 unspecified atom stereocenters. The minimum atomic E-state index is -4.41. The maximum Gasteiger partial charge on any atom is 0.411 e. The van der Waals surface area contributed by atoms with Crippen molar-refractivity contribution in [3.05, 3.63) is 35.6 Å². The first-order valence-electron chi connectivity index (χ1n) is 11.8. The Labute approximate surface area is 196 Å². The molecule has 0 aromatic heterocycles. The quantitative estimate of drug-likeness (QED) is 0.591. The van der Waals surface area contributed by atoms with Crippen LogP contribution in [0.5, 0.6) is 0 Å². The number of fused-ring (bicyclic) bond motifs is 1. The second kappa shape index (κ2) is 10.6. The Morgan fingerprint density at radius 1 is 1.09 bits per heavy atom. The molecule has 1 aromatic carbocycles. The number of urea groups is 1. The number of likely N-dealkylation sites (tertiary alicyclic amines) is 2. The number of carbonyl (C=O) groups excluding carboxylic acids is 2. The topological polar surface area (TPSA) is 59.1 Å². The lowest BCUT2D eigenvalue weighted by molar-refractivity contribution is -0.176. The molecular weight excluding hydrogens is 456 g/mol. The van der Waals surface area contributed by atoms with Crippen molar-refractivity contribution in [1.29, 1.82) is 0 Å². The highest BCUT2D eigenvalue weighted by Gasteiger charge is 2.39. The molecule has 0 radical (unpaired) electrons. The fourth-order valence-electron chi connectivity index (χ4n) is 5.36. The van der Waals surface area contributed by atoms with E-state index in [1.165, 1.54) is 12.1 Å². The van der Waals surface area contributed by atoms with E-state index in [9.17, 15) is 27.2 Å². The van der Waals surface area contributed by atoms with Crippen LogP contribution in [0.3, 0.4) is 0 Å². The summed E-state index contributed by atoms with van der Waals surface area (Å²) in [5.74, 6) is -0.617. The molecule has 10 heteroatoms. The predicted octanol–water partition coefficient (Wildman–Crippen LogP) is 4.00. The zero-order valence-electron chi connectivity index (χ0n) is 18.9. The molecule has 3 atom stereocenters. The lowest BCUT2D eigenvalue weighted by atomic mass is 9.80. The summed E-state index contributed by atoms with van der Waals surface area (Å²) >= 11 is 0. The van der Waals surface area contributed by atoms with Crippen molar-refractivity contribution in [2.75, 3.05) is 46.0 Å². The molecule has 3 saturated heterocycles. The number of amides is 2. The van der Waals surface area contributed by atoms with Crippen molar-refractivity contribution in [2.24, 2.45) is 11.8 Å². The SMILES string of the molecule is O=C1CO[C@H]2CCN(C(=O)N3CCC(C(COCC(F)(F)F)c4ccc(F)cc4)CC3)C[C@H]2C1. The Morgan fingerprint density at radius 3 is 2.44 bits per heavy atom. The number of alkyl halides is 3. The molecule has 34 heavy (non-hydrogen) atoms. The molecule has 3 aliphatic heterocycles. The largest absolute Gasteiger partial charge is 0.411 e. The molecule has 6 nitrogen and oxygen atoms in total. The number of ketones is 1. The monoisotopic (exact) mass is 486 g/mol. The lowest BCUT2D eigenvalue weighted by Gasteiger charge is -2.43. The van der Waals surface area contributed by atoms with E-state index in [1.807, 2.05) is 0 Å². The molecule has 0 spiro atoms. The van der Waals surface area contributed by atoms with Gasteiger partial charge < -0.3 is 19.3 Å². The number of Topliss-reactive ketones (excluding diaryl/α,β-unsaturated/α-hetero) is 1. The summed E-state index contributed by atoms with van der Waals surface area (Å²) in [6.45, 7) is 0.764. The van der Waals surface area contributed by atoms with Crippen LogP contribution in [0.2, 0.25) is 0 Å². The standard InChI is InChI=1S/C24H30F4N2O4/c25-19-3-1-16(2-4-19)21(14-33-15-24(26,27)28)17-5-8-29(9-6-17)23(32)30-10-7-22-18(12-30)11-20(31)13-34-22/h1-4,17-18,21-22H,5-15H2/t18-,21?,22+/m1/s1. The van der Waals surface area contributed by atoms with Crippen LogP contribution in [0.25, 0.3) is 0 Å². The minimum Gasteiger partial charge on any atom is -0.371 e. The van der Waals surface area contributed by atoms with Crippen LogP contribution in [0.4, 0.5) is 22.4 Å². The van der Waals surface area contributed by atoms with Gasteiger partial charge in [-0.25, -0.2) is 9.18 Å². The van der Waals surface area contributed by atoms with E-state index in [4.69, 9.17) is 9.47 Å². The van der Waals surface area contributed by atoms with Gasteiger partial charge in [-0.05, 0) is 42.9 Å². The minimum absolute atomic E-state index is 0.0119. The molecule has 4 rings (SSSR count). The zero-order valence-corrected chi connectivity index (χ0v) is 18.9. The molecular formula is C24H30F4N2O4. The van der Waals surface area contributed by atoms with Crippen LogP contribution in [-0.2, 0) is 14.3 Å². The predicted molar refractivity (Wildman–Crippen MR) is 115 cm³/mol. The third-order valence-electron chi connectivity index (χ3n) is 7.12. The van der Waals surface area contributed by atoms with Crippen molar-refractivity contribution in [3.8, 4) is 0 Å². The summed E-state index contributed by atoms with van der Waals surface area (Å²) < 4.78 is 61.8. The fraction of sp³-hybridized carbons (Fsp3) is 0.667. The summed E-state index contributed by atoms with van der Waals surface area (Å²) in [7, 11) is 0. The molecule has 0 saturated carbocycles. The van der Waals surface area contributed by atoms with E-state index >= 15 is 0 Å². The van der Waals surface area contributed by atoms with Gasteiger partial charge in [0.1, 0.15) is 19.0 Å². The van der Waals surface area contributed by atoms with E-state index in [1.54, 1.807) is 21.9 Å². The molecule has 1 aromatic rings. The van der Waals surface area contributed by atoms with Crippen molar-refractivity contribution < 1.29 is 36.6 Å². The molecule has 188 valence electrons. The third-order valence-corrected chi connectivity index (χ3v) is 7.12. The van der Waals surface area contributed by atoms with Gasteiger partial charge in [0.05, 0.1) is 12.7 Å². The maximum atomic E-state index is 13.4. The van der Waals surface area contributed by atoms with Crippen LogP contribution in [0.1, 0.15) is 37.2 Å². The second-order valence-corrected chi connectivity index (χ2v) is 9.48. The van der Waals surface area contributed by atoms with E-state index in [0.717, 1.165) is 5.56 Å². The summed E-state index contributed by atoms with van der Waals surface area (Å²) in [4.78, 5) is 28.4. The number of ether oxygens (including phenoxy) is 2. The molecule has 3 fully saturated rings. The van der Waals surface area contributed by atoms with Gasteiger partial charge in [0.15, 0.2) is 5.78 Å². The summed E-state index contributed by atoms with van der Waals surface area (Å²) in [5.41, 5.74) is 0.734. The van der Waals surface area contributed by atoms with Gasteiger partial charge in [-0.2, -0.15) is 13.2 Å². The average Bonchev–Trinajstić information content (AvgIpc) is 2.81. The smallest absolute Gasteiger partial charge is 0.371 e.